The molecule has 0 saturated heterocycles. The molecule has 6 heteroatoms. The van der Waals surface area contributed by atoms with Gasteiger partial charge < -0.3 is 0 Å². The van der Waals surface area contributed by atoms with Gasteiger partial charge in [-0.1, -0.05) is 97.0 Å². The number of benzene rings is 6. The van der Waals surface area contributed by atoms with Crippen molar-refractivity contribution in [2.24, 2.45) is 0 Å². The number of nitriles is 1. The first kappa shape index (κ1) is 21.1. The van der Waals surface area contributed by atoms with Crippen molar-refractivity contribution in [3.63, 3.8) is 0 Å². The second-order valence-electron chi connectivity index (χ2n) is 10.7. The summed E-state index contributed by atoms with van der Waals surface area (Å²) in [6.07, 6.45) is 0. The van der Waals surface area contributed by atoms with Crippen LogP contribution in [0, 0.1) is 11.3 Å². The minimum atomic E-state index is -0.378. The molecule has 214 valence electrons. The second kappa shape index (κ2) is 10.7. The van der Waals surface area contributed by atoms with E-state index in [0.29, 0.717) is 17.2 Å². The van der Waals surface area contributed by atoms with E-state index < -0.39 is 0 Å². The Morgan fingerprint density at radius 1 is 0.500 bits per heavy atom. The first-order chi connectivity index (χ1) is 25.2. The maximum Gasteiger partial charge on any atom is 0.165 e. The molecule has 3 aromatic heterocycles. The van der Waals surface area contributed by atoms with E-state index in [4.69, 9.17) is 20.4 Å². The molecule has 0 fully saturated rings. The minimum Gasteiger partial charge on any atom is -0.208 e. The summed E-state index contributed by atoms with van der Waals surface area (Å²) < 4.78 is 55.9. The van der Waals surface area contributed by atoms with Crippen LogP contribution in [-0.2, 0) is 0 Å². The summed E-state index contributed by atoms with van der Waals surface area (Å²) in [6, 6.07) is 32.2. The molecule has 0 unspecified atom stereocenters. The Morgan fingerprint density at radius 2 is 1.22 bits per heavy atom. The van der Waals surface area contributed by atoms with E-state index in [1.54, 1.807) is 11.3 Å². The molecule has 0 radical (unpaired) electrons. The summed E-state index contributed by atoms with van der Waals surface area (Å²) in [4.78, 5) is 14.7. The molecule has 0 spiro atoms. The molecule has 6 aromatic carbocycles. The van der Waals surface area contributed by atoms with Gasteiger partial charge in [0.15, 0.2) is 17.5 Å². The lowest BCUT2D eigenvalue weighted by Gasteiger charge is -2.10. The summed E-state index contributed by atoms with van der Waals surface area (Å²) >= 11 is 2.63. The van der Waals surface area contributed by atoms with Gasteiger partial charge in [0, 0.05) is 57.0 Å². The van der Waals surface area contributed by atoms with E-state index in [1.807, 2.05) is 84.9 Å². The van der Waals surface area contributed by atoms with Crippen LogP contribution in [0.15, 0.2) is 133 Å². The zero-order valence-corrected chi connectivity index (χ0v) is 25.5. The van der Waals surface area contributed by atoms with Crippen LogP contribution >= 0.6 is 22.7 Å². The first-order valence-corrected chi connectivity index (χ1v) is 16.1. The van der Waals surface area contributed by atoms with E-state index in [1.165, 1.54) is 0 Å². The maximum atomic E-state index is 9.67. The standard InChI is InChI=1S/C40H22N4S2/c41-23-24-13-20-35-33(21-24)30-19-18-28(22-36(30)45-35)39-42-38(27-16-14-26(15-17-27)25-7-2-1-3-8-25)43-40(44-39)32-11-6-10-31-29-9-4-5-12-34(29)46-37(31)32/h1-22H/i13D,18D,19D,20D,21D,22D. The monoisotopic (exact) mass is 628 g/mol. The topological polar surface area (TPSA) is 62.5 Å². The smallest absolute Gasteiger partial charge is 0.165 e. The van der Waals surface area contributed by atoms with Crippen molar-refractivity contribution >= 4 is 63.0 Å². The van der Waals surface area contributed by atoms with Crippen LogP contribution in [-0.4, -0.2) is 15.0 Å². The third-order valence-corrected chi connectivity index (χ3v) is 10.1. The molecule has 0 aliphatic rings. The van der Waals surface area contributed by atoms with Gasteiger partial charge in [-0.25, -0.2) is 15.0 Å². The Balaban J connectivity index is 1.32. The average molecular weight is 629 g/mol. The van der Waals surface area contributed by atoms with E-state index in [-0.39, 0.29) is 73.4 Å². The van der Waals surface area contributed by atoms with Crippen molar-refractivity contribution in [3.05, 3.63) is 139 Å². The highest BCUT2D eigenvalue weighted by molar-refractivity contribution is 7.26. The van der Waals surface area contributed by atoms with E-state index in [2.05, 4.69) is 18.2 Å². The van der Waals surface area contributed by atoms with Gasteiger partial charge in [0.25, 0.3) is 0 Å². The number of hydrogen-bond acceptors (Lipinski definition) is 6. The number of hydrogen-bond donors (Lipinski definition) is 0. The molecule has 0 atom stereocenters. The molecule has 3 heterocycles. The summed E-state index contributed by atoms with van der Waals surface area (Å²) in [5.74, 6) is 0.730. The van der Waals surface area contributed by atoms with E-state index >= 15 is 0 Å². The maximum absolute atomic E-state index is 9.67. The Labute approximate surface area is 281 Å². The van der Waals surface area contributed by atoms with Crippen molar-refractivity contribution in [1.82, 2.24) is 15.0 Å². The van der Waals surface area contributed by atoms with Crippen molar-refractivity contribution in [1.29, 1.82) is 5.26 Å². The number of rotatable bonds is 4. The third kappa shape index (κ3) is 4.45. The highest BCUT2D eigenvalue weighted by Gasteiger charge is 2.17. The fourth-order valence-electron chi connectivity index (χ4n) is 5.66. The number of thiophene rings is 2. The lowest BCUT2D eigenvalue weighted by molar-refractivity contribution is 1.08. The quantitative estimate of drug-likeness (QED) is 0.194. The van der Waals surface area contributed by atoms with Crippen LogP contribution in [0.5, 0.6) is 0 Å². The second-order valence-corrected chi connectivity index (χ2v) is 12.7. The Bertz CT molecular complexity index is 2990. The molecule has 4 nitrogen and oxygen atoms in total. The van der Waals surface area contributed by atoms with Gasteiger partial charge in [0.05, 0.1) is 19.9 Å². The minimum absolute atomic E-state index is 0.0167. The van der Waals surface area contributed by atoms with Gasteiger partial charge in [-0.3, -0.25) is 0 Å². The first-order valence-electron chi connectivity index (χ1n) is 17.4. The molecule has 0 aliphatic heterocycles. The highest BCUT2D eigenvalue weighted by Crippen LogP contribution is 2.40. The van der Waals surface area contributed by atoms with Crippen LogP contribution in [0.3, 0.4) is 0 Å². The van der Waals surface area contributed by atoms with Gasteiger partial charge in [-0.2, -0.15) is 5.26 Å². The van der Waals surface area contributed by atoms with Gasteiger partial charge in [-0.05, 0) is 47.4 Å². The zero-order valence-electron chi connectivity index (χ0n) is 29.8. The highest BCUT2D eigenvalue weighted by atomic mass is 32.1. The number of aromatic nitrogens is 3. The van der Waals surface area contributed by atoms with Gasteiger partial charge >= 0.3 is 0 Å². The van der Waals surface area contributed by atoms with Crippen LogP contribution in [0.1, 0.15) is 13.8 Å². The molecule has 9 aromatic rings. The van der Waals surface area contributed by atoms with Crippen LogP contribution < -0.4 is 0 Å². The van der Waals surface area contributed by atoms with Gasteiger partial charge in [0.1, 0.15) is 0 Å². The molecule has 0 N–H and O–H groups in total. The fourth-order valence-corrected chi connectivity index (χ4v) is 7.84. The summed E-state index contributed by atoms with van der Waals surface area (Å²) in [5.41, 5.74) is 3.28. The van der Waals surface area contributed by atoms with Crippen molar-refractivity contribution in [3.8, 4) is 51.4 Å². The molecule has 0 bridgehead atoms. The lowest BCUT2D eigenvalue weighted by Crippen LogP contribution is -2.00. The Morgan fingerprint density at radius 3 is 2.07 bits per heavy atom. The van der Waals surface area contributed by atoms with E-state index in [0.717, 1.165) is 48.2 Å². The third-order valence-electron chi connectivity index (χ3n) is 7.88. The molecule has 0 saturated carbocycles. The zero-order chi connectivity index (χ0) is 35.8. The summed E-state index contributed by atoms with van der Waals surface area (Å²) in [6.45, 7) is 0. The summed E-state index contributed by atoms with van der Waals surface area (Å²) in [7, 11) is 0. The fraction of sp³-hybridized carbons (Fsp3) is 0. The van der Waals surface area contributed by atoms with Crippen LogP contribution in [0.2, 0.25) is 0 Å². The summed E-state index contributed by atoms with van der Waals surface area (Å²) in [5, 5.41) is 12.1. The molecular weight excluding hydrogens is 601 g/mol. The molecular formula is C40H22N4S2. The SMILES string of the molecule is [2H]c1c(C#N)c([2H])c2c(sc3c([2H])c(-c4nc(-c5ccc(-c6ccccc6)cc5)nc(-c5cccc6c5sc5ccccc56)n4)c([2H])c([2H])c32)c1[2H]. The van der Waals surface area contributed by atoms with Gasteiger partial charge in [-0.15, -0.1) is 22.7 Å². The largest absolute Gasteiger partial charge is 0.208 e. The predicted molar refractivity (Wildman–Crippen MR) is 192 cm³/mol. The van der Waals surface area contributed by atoms with Crippen molar-refractivity contribution < 1.29 is 8.22 Å². The number of nitrogens with zero attached hydrogens (tertiary/aromatic N) is 4. The van der Waals surface area contributed by atoms with E-state index in [9.17, 15) is 8.00 Å². The molecule has 46 heavy (non-hydrogen) atoms. The average Bonchev–Trinajstić information content (AvgIpc) is 3.77. The lowest BCUT2D eigenvalue weighted by atomic mass is 10.0. The Hall–Kier alpha value is -5.74. The van der Waals surface area contributed by atoms with Crippen LogP contribution in [0.25, 0.3) is 85.6 Å². The van der Waals surface area contributed by atoms with Crippen LogP contribution in [0.4, 0.5) is 0 Å². The number of fused-ring (bicyclic) bond motifs is 6. The Kier molecular flexibility index (Phi) is 4.91. The van der Waals surface area contributed by atoms with Crippen molar-refractivity contribution in [2.75, 3.05) is 0 Å². The molecule has 0 aliphatic carbocycles. The van der Waals surface area contributed by atoms with Crippen molar-refractivity contribution in [2.45, 2.75) is 0 Å². The molecule has 9 rings (SSSR count). The predicted octanol–water partition coefficient (Wildman–Crippen LogP) is 11.1. The molecule has 0 amide bonds. The normalized spacial score (nSPS) is 13.3. The van der Waals surface area contributed by atoms with Gasteiger partial charge in [0.2, 0.25) is 0 Å².